The van der Waals surface area contributed by atoms with Crippen molar-refractivity contribution in [2.24, 2.45) is 0 Å². The van der Waals surface area contributed by atoms with Crippen LogP contribution in [0.3, 0.4) is 0 Å². The van der Waals surface area contributed by atoms with Crippen molar-refractivity contribution in [3.8, 4) is 0 Å². The second-order valence-electron chi connectivity index (χ2n) is 3.82. The molecule has 0 fully saturated rings. The van der Waals surface area contributed by atoms with Gasteiger partial charge in [-0.05, 0) is 42.3 Å². The van der Waals surface area contributed by atoms with E-state index in [1.165, 1.54) is 24.1 Å². The van der Waals surface area contributed by atoms with Crippen molar-refractivity contribution in [1.82, 2.24) is 0 Å². The molecular formula is C13H11ClN2O2S. The van der Waals surface area contributed by atoms with Gasteiger partial charge in [0.25, 0.3) is 5.69 Å². The molecule has 19 heavy (non-hydrogen) atoms. The van der Waals surface area contributed by atoms with Crippen molar-refractivity contribution in [1.29, 1.82) is 0 Å². The van der Waals surface area contributed by atoms with Crippen LogP contribution in [-0.4, -0.2) is 12.0 Å². The van der Waals surface area contributed by atoms with E-state index in [1.807, 2.05) is 35.6 Å². The Kier molecular flexibility index (Phi) is 4.29. The van der Waals surface area contributed by atoms with Crippen LogP contribution in [0.4, 0.5) is 11.4 Å². The molecule has 0 spiro atoms. The van der Waals surface area contributed by atoms with Crippen LogP contribution in [0.1, 0.15) is 0 Å². The van der Waals surface area contributed by atoms with Gasteiger partial charge >= 0.3 is 0 Å². The van der Waals surface area contributed by atoms with Gasteiger partial charge in [-0.25, -0.2) is 0 Å². The van der Waals surface area contributed by atoms with Crippen LogP contribution >= 0.6 is 23.5 Å². The SMILES string of the molecule is CN(Sc1ccc([N+](=O)[O-])cc1)c1cccc(Cl)c1. The minimum atomic E-state index is -0.408. The molecule has 2 aromatic rings. The van der Waals surface area contributed by atoms with Gasteiger partial charge in [0.05, 0.1) is 4.92 Å². The summed E-state index contributed by atoms with van der Waals surface area (Å²) < 4.78 is 1.95. The Morgan fingerprint density at radius 3 is 2.47 bits per heavy atom. The first kappa shape index (κ1) is 13.7. The molecule has 4 nitrogen and oxygen atoms in total. The van der Waals surface area contributed by atoms with Crippen LogP contribution in [0.2, 0.25) is 5.02 Å². The number of nitro groups is 1. The van der Waals surface area contributed by atoms with Crippen molar-refractivity contribution in [2.75, 3.05) is 11.4 Å². The highest BCUT2D eigenvalue weighted by molar-refractivity contribution is 8.00. The topological polar surface area (TPSA) is 46.4 Å². The zero-order valence-corrected chi connectivity index (χ0v) is 11.7. The van der Waals surface area contributed by atoms with E-state index in [1.54, 1.807) is 12.1 Å². The Hall–Kier alpha value is -1.72. The summed E-state index contributed by atoms with van der Waals surface area (Å²) in [5, 5.41) is 11.2. The number of nitro benzene ring substituents is 1. The monoisotopic (exact) mass is 294 g/mol. The van der Waals surface area contributed by atoms with Crippen LogP contribution in [0, 0.1) is 10.1 Å². The van der Waals surface area contributed by atoms with Crippen molar-refractivity contribution < 1.29 is 4.92 Å². The van der Waals surface area contributed by atoms with Crippen LogP contribution < -0.4 is 4.31 Å². The van der Waals surface area contributed by atoms with E-state index in [0.717, 1.165) is 10.6 Å². The maximum Gasteiger partial charge on any atom is 0.269 e. The summed E-state index contributed by atoms with van der Waals surface area (Å²) in [5.74, 6) is 0. The number of anilines is 1. The van der Waals surface area contributed by atoms with Crippen molar-refractivity contribution in [3.05, 3.63) is 63.7 Å². The van der Waals surface area contributed by atoms with Crippen LogP contribution in [0.25, 0.3) is 0 Å². The van der Waals surface area contributed by atoms with E-state index >= 15 is 0 Å². The zero-order valence-electron chi connectivity index (χ0n) is 10.1. The van der Waals surface area contributed by atoms with Gasteiger partial charge < -0.3 is 4.31 Å². The number of hydrogen-bond acceptors (Lipinski definition) is 4. The highest BCUT2D eigenvalue weighted by Crippen LogP contribution is 2.29. The molecule has 0 saturated heterocycles. The quantitative estimate of drug-likeness (QED) is 0.476. The lowest BCUT2D eigenvalue weighted by molar-refractivity contribution is -0.384. The predicted molar refractivity (Wildman–Crippen MR) is 78.8 cm³/mol. The largest absolute Gasteiger partial charge is 0.315 e. The molecule has 2 aromatic carbocycles. The van der Waals surface area contributed by atoms with E-state index in [-0.39, 0.29) is 5.69 Å². The Bertz CT molecular complexity index is 589. The van der Waals surface area contributed by atoms with Crippen LogP contribution in [0.5, 0.6) is 0 Å². The Morgan fingerprint density at radius 1 is 1.21 bits per heavy atom. The Labute approximate surface area is 120 Å². The first-order chi connectivity index (χ1) is 9.06. The molecule has 0 amide bonds. The standard InChI is InChI=1S/C13H11ClN2O2S/c1-15(12-4-2-3-10(14)9-12)19-13-7-5-11(6-8-13)16(17)18/h2-9H,1H3. The lowest BCUT2D eigenvalue weighted by Gasteiger charge is -2.17. The highest BCUT2D eigenvalue weighted by atomic mass is 35.5. The molecule has 0 bridgehead atoms. The van der Waals surface area contributed by atoms with E-state index in [9.17, 15) is 10.1 Å². The van der Waals surface area contributed by atoms with Gasteiger partial charge in [0.2, 0.25) is 0 Å². The molecule has 0 aliphatic heterocycles. The molecule has 0 atom stereocenters. The highest BCUT2D eigenvalue weighted by Gasteiger charge is 2.07. The van der Waals surface area contributed by atoms with Crippen LogP contribution in [-0.2, 0) is 0 Å². The summed E-state index contributed by atoms with van der Waals surface area (Å²) in [5.41, 5.74) is 1.06. The van der Waals surface area contributed by atoms with Gasteiger partial charge in [-0.15, -0.1) is 0 Å². The zero-order chi connectivity index (χ0) is 13.8. The van der Waals surface area contributed by atoms with Crippen molar-refractivity contribution >= 4 is 34.9 Å². The Morgan fingerprint density at radius 2 is 1.89 bits per heavy atom. The van der Waals surface area contributed by atoms with Gasteiger partial charge in [-0.1, -0.05) is 17.7 Å². The van der Waals surface area contributed by atoms with Gasteiger partial charge in [-0.2, -0.15) is 0 Å². The minimum absolute atomic E-state index is 0.0924. The number of non-ortho nitro benzene ring substituents is 1. The fourth-order valence-electron chi connectivity index (χ4n) is 1.51. The fourth-order valence-corrected chi connectivity index (χ4v) is 2.49. The molecule has 0 aliphatic rings. The summed E-state index contributed by atoms with van der Waals surface area (Å²) >= 11 is 7.41. The van der Waals surface area contributed by atoms with E-state index in [4.69, 9.17) is 11.6 Å². The summed E-state index contributed by atoms with van der Waals surface area (Å²) in [6.45, 7) is 0. The average molecular weight is 295 g/mol. The molecule has 2 rings (SSSR count). The lowest BCUT2D eigenvalue weighted by Crippen LogP contribution is -2.05. The third-order valence-corrected chi connectivity index (χ3v) is 3.66. The fraction of sp³-hybridized carbons (Fsp3) is 0.0769. The number of hydrogen-bond donors (Lipinski definition) is 0. The number of nitrogens with zero attached hydrogens (tertiary/aromatic N) is 2. The maximum atomic E-state index is 10.6. The summed E-state index contributed by atoms with van der Waals surface area (Å²) in [4.78, 5) is 11.1. The van der Waals surface area contributed by atoms with E-state index in [2.05, 4.69) is 0 Å². The molecule has 0 radical (unpaired) electrons. The lowest BCUT2D eigenvalue weighted by atomic mass is 10.3. The summed E-state index contributed by atoms with van der Waals surface area (Å²) in [6, 6.07) is 13.9. The third-order valence-electron chi connectivity index (χ3n) is 2.46. The number of benzene rings is 2. The van der Waals surface area contributed by atoms with Crippen LogP contribution in [0.15, 0.2) is 53.4 Å². The van der Waals surface area contributed by atoms with Gasteiger partial charge in [0, 0.05) is 34.8 Å². The third kappa shape index (κ3) is 3.62. The summed E-state index contributed by atoms with van der Waals surface area (Å²) in [7, 11) is 1.91. The van der Waals surface area contributed by atoms with E-state index in [0.29, 0.717) is 5.02 Å². The number of rotatable bonds is 4. The molecule has 0 aliphatic carbocycles. The average Bonchev–Trinajstić information content (AvgIpc) is 2.39. The van der Waals surface area contributed by atoms with Gasteiger partial charge in [-0.3, -0.25) is 10.1 Å². The first-order valence-corrected chi connectivity index (χ1v) is 6.63. The molecule has 0 saturated carbocycles. The number of halogens is 1. The van der Waals surface area contributed by atoms with Gasteiger partial charge in [0.15, 0.2) is 0 Å². The van der Waals surface area contributed by atoms with Gasteiger partial charge in [0.1, 0.15) is 0 Å². The molecule has 0 N–H and O–H groups in total. The molecule has 0 heterocycles. The van der Waals surface area contributed by atoms with Crippen molar-refractivity contribution in [2.45, 2.75) is 4.90 Å². The smallest absolute Gasteiger partial charge is 0.269 e. The predicted octanol–water partition coefficient (Wildman–Crippen LogP) is 4.39. The molecule has 98 valence electrons. The summed E-state index contributed by atoms with van der Waals surface area (Å²) in [6.07, 6.45) is 0. The molecule has 6 heteroatoms. The normalized spacial score (nSPS) is 10.2. The second-order valence-corrected chi connectivity index (χ2v) is 5.46. The Balaban J connectivity index is 2.10. The minimum Gasteiger partial charge on any atom is -0.315 e. The molecule has 0 aromatic heterocycles. The van der Waals surface area contributed by atoms with E-state index < -0.39 is 4.92 Å². The van der Waals surface area contributed by atoms with Crippen molar-refractivity contribution in [3.63, 3.8) is 0 Å². The molecule has 0 unspecified atom stereocenters. The maximum absolute atomic E-state index is 10.6. The first-order valence-electron chi connectivity index (χ1n) is 5.48. The molecular weight excluding hydrogens is 284 g/mol. The second kappa shape index (κ2) is 5.95.